The largest absolute Gasteiger partial charge is 0.262 e. The first-order valence-electron chi connectivity index (χ1n) is 9.53. The van der Waals surface area contributed by atoms with Crippen LogP contribution in [0.5, 0.6) is 0 Å². The molecule has 0 N–H and O–H groups in total. The van der Waals surface area contributed by atoms with Crippen LogP contribution in [-0.2, 0) is 0 Å². The smallest absolute Gasteiger partial charge is 0.0908 e. The molecule has 30 heavy (non-hydrogen) atoms. The van der Waals surface area contributed by atoms with Gasteiger partial charge in [0, 0.05) is 41.1 Å². The molecule has 6 aromatic heterocycles. The zero-order chi connectivity index (χ0) is 19.9. The summed E-state index contributed by atoms with van der Waals surface area (Å²) in [6.45, 7) is 0. The second-order valence-electron chi connectivity index (χ2n) is 6.99. The molecule has 6 heterocycles. The number of rotatable bonds is 2. The lowest BCUT2D eigenvalue weighted by molar-refractivity contribution is 1.26. The zero-order valence-electron chi connectivity index (χ0n) is 15.8. The van der Waals surface area contributed by atoms with E-state index in [9.17, 15) is 0 Å². The number of hydrogen-bond donors (Lipinski definition) is 0. The first-order chi connectivity index (χ1) is 14.8. The van der Waals surface area contributed by atoms with E-state index >= 15 is 0 Å². The lowest BCUT2D eigenvalue weighted by Gasteiger charge is -2.06. The monoisotopic (exact) mass is 386 g/mol. The highest BCUT2D eigenvalue weighted by molar-refractivity contribution is 5.86. The Morgan fingerprint density at radius 1 is 0.500 bits per heavy atom. The van der Waals surface area contributed by atoms with Gasteiger partial charge in [0.25, 0.3) is 0 Å². The van der Waals surface area contributed by atoms with Crippen LogP contribution in [0.25, 0.3) is 55.5 Å². The molecule has 6 aromatic rings. The van der Waals surface area contributed by atoms with Crippen molar-refractivity contribution in [2.75, 3.05) is 0 Å². The summed E-state index contributed by atoms with van der Waals surface area (Å²) in [5.41, 5.74) is 6.75. The van der Waals surface area contributed by atoms with Gasteiger partial charge in [-0.1, -0.05) is 6.07 Å². The summed E-state index contributed by atoms with van der Waals surface area (Å²) in [7, 11) is 0. The van der Waals surface area contributed by atoms with Crippen molar-refractivity contribution in [1.29, 1.82) is 0 Å². The van der Waals surface area contributed by atoms with Crippen LogP contribution in [0, 0.1) is 0 Å². The summed E-state index contributed by atoms with van der Waals surface area (Å²) >= 11 is 0. The Morgan fingerprint density at radius 2 is 1.40 bits per heavy atom. The van der Waals surface area contributed by atoms with E-state index in [1.165, 1.54) is 0 Å². The minimum atomic E-state index is 0.774. The normalized spacial score (nSPS) is 11.3. The first-order valence-corrected chi connectivity index (χ1v) is 9.53. The molecular formula is C24H14N6. The van der Waals surface area contributed by atoms with Gasteiger partial charge < -0.3 is 0 Å². The van der Waals surface area contributed by atoms with Crippen molar-refractivity contribution in [2.45, 2.75) is 0 Å². The number of hydrogen-bond acceptors (Lipinski definition) is 6. The van der Waals surface area contributed by atoms with E-state index < -0.39 is 0 Å². The van der Waals surface area contributed by atoms with Gasteiger partial charge >= 0.3 is 0 Å². The van der Waals surface area contributed by atoms with Gasteiger partial charge in [0.05, 0.1) is 45.3 Å². The average molecular weight is 386 g/mol. The minimum Gasteiger partial charge on any atom is -0.262 e. The Hall–Kier alpha value is -4.32. The molecule has 0 atom stereocenters. The lowest BCUT2D eigenvalue weighted by Crippen LogP contribution is -1.92. The standard InChI is InChI=1S/C24H14N6/c1-2-19-22(26-8-1)10-17(13-27-19)18-5-4-16-12-28-23(11-21(16)29-18)20-6-3-15-7-9-25-14-24(15)30-20/h1-14H. The summed E-state index contributed by atoms with van der Waals surface area (Å²) in [4.78, 5) is 27.2. The zero-order valence-corrected chi connectivity index (χ0v) is 15.8. The van der Waals surface area contributed by atoms with Crippen molar-refractivity contribution in [2.24, 2.45) is 0 Å². The van der Waals surface area contributed by atoms with E-state index in [1.54, 1.807) is 18.6 Å². The van der Waals surface area contributed by atoms with Crippen LogP contribution in [0.4, 0.5) is 0 Å². The molecule has 0 amide bonds. The number of pyridine rings is 6. The minimum absolute atomic E-state index is 0.774. The topological polar surface area (TPSA) is 77.3 Å². The van der Waals surface area contributed by atoms with Gasteiger partial charge in [-0.25, -0.2) is 9.97 Å². The maximum atomic E-state index is 4.85. The third-order valence-corrected chi connectivity index (χ3v) is 5.08. The van der Waals surface area contributed by atoms with E-state index in [-0.39, 0.29) is 0 Å². The number of aromatic nitrogens is 6. The van der Waals surface area contributed by atoms with Crippen LogP contribution in [-0.4, -0.2) is 29.9 Å². The second kappa shape index (κ2) is 6.63. The number of fused-ring (bicyclic) bond motifs is 3. The molecule has 0 aliphatic rings. The molecule has 0 aliphatic heterocycles. The van der Waals surface area contributed by atoms with Gasteiger partial charge in [-0.3, -0.25) is 19.9 Å². The molecule has 6 rings (SSSR count). The van der Waals surface area contributed by atoms with Crippen LogP contribution < -0.4 is 0 Å². The van der Waals surface area contributed by atoms with Crippen molar-refractivity contribution < 1.29 is 0 Å². The van der Waals surface area contributed by atoms with Crippen molar-refractivity contribution in [3.8, 4) is 22.6 Å². The maximum absolute atomic E-state index is 4.85. The molecule has 0 aromatic carbocycles. The van der Waals surface area contributed by atoms with Crippen LogP contribution >= 0.6 is 0 Å². The van der Waals surface area contributed by atoms with Gasteiger partial charge in [0.2, 0.25) is 0 Å². The van der Waals surface area contributed by atoms with Crippen LogP contribution in [0.2, 0.25) is 0 Å². The number of nitrogens with zero attached hydrogens (tertiary/aromatic N) is 6. The van der Waals surface area contributed by atoms with Gasteiger partial charge in [0.1, 0.15) is 0 Å². The van der Waals surface area contributed by atoms with E-state index in [4.69, 9.17) is 9.97 Å². The Kier molecular flexibility index (Phi) is 3.67. The highest BCUT2D eigenvalue weighted by atomic mass is 14.8. The lowest BCUT2D eigenvalue weighted by atomic mass is 10.1. The van der Waals surface area contributed by atoms with Gasteiger partial charge in [-0.15, -0.1) is 0 Å². The molecule has 0 fully saturated rings. The third-order valence-electron chi connectivity index (χ3n) is 5.08. The quantitative estimate of drug-likeness (QED) is 0.423. The van der Waals surface area contributed by atoms with E-state index in [0.29, 0.717) is 0 Å². The average Bonchev–Trinajstić information content (AvgIpc) is 2.82. The molecule has 6 nitrogen and oxygen atoms in total. The molecule has 0 unspecified atom stereocenters. The Morgan fingerprint density at radius 3 is 2.40 bits per heavy atom. The molecule has 0 aliphatic carbocycles. The Labute approximate surface area is 171 Å². The summed E-state index contributed by atoms with van der Waals surface area (Å²) in [5.74, 6) is 0. The van der Waals surface area contributed by atoms with Gasteiger partial charge in [-0.05, 0) is 48.5 Å². The second-order valence-corrected chi connectivity index (χ2v) is 6.99. The van der Waals surface area contributed by atoms with E-state index in [1.807, 2.05) is 67.0 Å². The fraction of sp³-hybridized carbons (Fsp3) is 0. The van der Waals surface area contributed by atoms with Crippen molar-refractivity contribution in [3.63, 3.8) is 0 Å². The molecule has 140 valence electrons. The summed E-state index contributed by atoms with van der Waals surface area (Å²) in [6, 6.07) is 17.8. The molecule has 0 bridgehead atoms. The van der Waals surface area contributed by atoms with Crippen molar-refractivity contribution >= 4 is 32.8 Å². The van der Waals surface area contributed by atoms with Crippen LogP contribution in [0.15, 0.2) is 85.6 Å². The van der Waals surface area contributed by atoms with Gasteiger partial charge in [-0.2, -0.15) is 0 Å². The van der Waals surface area contributed by atoms with Gasteiger partial charge in [0.15, 0.2) is 0 Å². The van der Waals surface area contributed by atoms with E-state index in [0.717, 1.165) is 55.5 Å². The molecule has 6 heteroatoms. The Balaban J connectivity index is 1.46. The summed E-state index contributed by atoms with van der Waals surface area (Å²) in [5, 5.41) is 2.02. The fourth-order valence-corrected chi connectivity index (χ4v) is 3.52. The van der Waals surface area contributed by atoms with E-state index in [2.05, 4.69) is 19.9 Å². The predicted molar refractivity (Wildman–Crippen MR) is 117 cm³/mol. The Bertz CT molecular complexity index is 1450. The SMILES string of the molecule is c1cnc2cc(-c3ccc4cnc(-c5ccc6ccncc6n5)cc4n3)cnc2c1. The molecule has 0 radical (unpaired) electrons. The first kappa shape index (κ1) is 16.6. The maximum Gasteiger partial charge on any atom is 0.0908 e. The predicted octanol–water partition coefficient (Wildman–Crippen LogP) is 4.85. The van der Waals surface area contributed by atoms with Crippen LogP contribution in [0.3, 0.4) is 0 Å². The molecule has 0 saturated carbocycles. The summed E-state index contributed by atoms with van der Waals surface area (Å²) < 4.78 is 0. The molecular weight excluding hydrogens is 372 g/mol. The highest BCUT2D eigenvalue weighted by Crippen LogP contribution is 2.25. The summed E-state index contributed by atoms with van der Waals surface area (Å²) in [6.07, 6.45) is 8.96. The van der Waals surface area contributed by atoms with Crippen molar-refractivity contribution in [3.05, 3.63) is 85.6 Å². The van der Waals surface area contributed by atoms with Crippen LogP contribution in [0.1, 0.15) is 0 Å². The van der Waals surface area contributed by atoms with Crippen molar-refractivity contribution in [1.82, 2.24) is 29.9 Å². The third kappa shape index (κ3) is 2.82. The molecule has 0 saturated heterocycles. The fourth-order valence-electron chi connectivity index (χ4n) is 3.52. The molecule has 0 spiro atoms. The highest BCUT2D eigenvalue weighted by Gasteiger charge is 2.08.